The number of rotatable bonds is 3. The fraction of sp³-hybridized carbons (Fsp3) is 0.222. The Balaban J connectivity index is 1.62. The van der Waals surface area contributed by atoms with E-state index in [1.165, 1.54) is 0 Å². The lowest BCUT2D eigenvalue weighted by Gasteiger charge is -2.15. The number of hydrogen-bond donors (Lipinski definition) is 1. The van der Waals surface area contributed by atoms with Gasteiger partial charge < -0.3 is 4.74 Å². The first kappa shape index (κ1) is 14.3. The van der Waals surface area contributed by atoms with E-state index in [9.17, 15) is 9.59 Å². The predicted molar refractivity (Wildman–Crippen MR) is 84.0 cm³/mol. The Morgan fingerprint density at radius 2 is 1.91 bits per heavy atom. The molecule has 0 atom stereocenters. The van der Waals surface area contributed by atoms with E-state index in [2.05, 4.69) is 5.32 Å². The average Bonchev–Trinajstić information content (AvgIpc) is 2.55. The van der Waals surface area contributed by atoms with Crippen molar-refractivity contribution in [3.63, 3.8) is 0 Å². The molecule has 112 valence electrons. The number of Topliss-reactive ketones (excluding diaryl/α,β-unsaturated/α-hetero) is 1. The topological polar surface area (TPSA) is 55.4 Å². The number of carbonyl (C=O) groups is 2. The molecule has 0 aliphatic heterocycles. The second kappa shape index (κ2) is 6.43. The maximum atomic E-state index is 11.9. The maximum absolute atomic E-state index is 11.9. The SMILES string of the molecule is O=C(Nc1ccc2c(c1)C(=O)CCC2)OCc1ccccc1. The van der Waals surface area contributed by atoms with Gasteiger partial charge in [0.25, 0.3) is 0 Å². The summed E-state index contributed by atoms with van der Waals surface area (Å²) in [6.07, 6.45) is 1.87. The zero-order valence-electron chi connectivity index (χ0n) is 12.2. The third-order valence-corrected chi connectivity index (χ3v) is 3.72. The molecule has 1 aliphatic carbocycles. The summed E-state index contributed by atoms with van der Waals surface area (Å²) in [5.74, 6) is 0.141. The van der Waals surface area contributed by atoms with Gasteiger partial charge in [-0.15, -0.1) is 0 Å². The Hall–Kier alpha value is -2.62. The number of carbonyl (C=O) groups excluding carboxylic acids is 2. The Morgan fingerprint density at radius 3 is 2.73 bits per heavy atom. The maximum Gasteiger partial charge on any atom is 0.411 e. The minimum Gasteiger partial charge on any atom is -0.444 e. The molecule has 0 unspecified atom stereocenters. The van der Waals surface area contributed by atoms with Crippen molar-refractivity contribution in [2.24, 2.45) is 0 Å². The van der Waals surface area contributed by atoms with Crippen LogP contribution in [0.15, 0.2) is 48.5 Å². The van der Waals surface area contributed by atoms with Crippen molar-refractivity contribution in [3.8, 4) is 0 Å². The largest absolute Gasteiger partial charge is 0.444 e. The van der Waals surface area contributed by atoms with E-state index in [0.29, 0.717) is 17.7 Å². The van der Waals surface area contributed by atoms with Crippen molar-refractivity contribution in [2.75, 3.05) is 5.32 Å². The smallest absolute Gasteiger partial charge is 0.411 e. The number of hydrogen-bond acceptors (Lipinski definition) is 3. The van der Waals surface area contributed by atoms with Crippen LogP contribution in [0.25, 0.3) is 0 Å². The normalized spacial score (nSPS) is 13.4. The van der Waals surface area contributed by atoms with Gasteiger partial charge in [-0.1, -0.05) is 36.4 Å². The van der Waals surface area contributed by atoms with Crippen molar-refractivity contribution in [2.45, 2.75) is 25.9 Å². The van der Waals surface area contributed by atoms with Gasteiger partial charge in [0.2, 0.25) is 0 Å². The minimum absolute atomic E-state index is 0.141. The van der Waals surface area contributed by atoms with Crippen molar-refractivity contribution < 1.29 is 14.3 Å². The minimum atomic E-state index is -0.521. The van der Waals surface area contributed by atoms with Gasteiger partial charge in [-0.2, -0.15) is 0 Å². The molecule has 1 N–H and O–H groups in total. The first-order valence-electron chi connectivity index (χ1n) is 7.36. The molecule has 0 heterocycles. The van der Waals surface area contributed by atoms with Crippen LogP contribution >= 0.6 is 0 Å². The summed E-state index contributed by atoms with van der Waals surface area (Å²) in [6, 6.07) is 14.9. The standard InChI is InChI=1S/C18H17NO3/c20-17-8-4-7-14-9-10-15(11-16(14)17)19-18(21)22-12-13-5-2-1-3-6-13/h1-3,5-6,9-11H,4,7-8,12H2,(H,19,21). The van der Waals surface area contributed by atoms with Gasteiger partial charge in [0.1, 0.15) is 6.61 Å². The highest BCUT2D eigenvalue weighted by atomic mass is 16.5. The lowest BCUT2D eigenvalue weighted by Crippen LogP contribution is -2.15. The second-order valence-electron chi connectivity index (χ2n) is 5.34. The Kier molecular flexibility index (Phi) is 4.19. The van der Waals surface area contributed by atoms with Crippen molar-refractivity contribution >= 4 is 17.6 Å². The lowest BCUT2D eigenvalue weighted by atomic mass is 9.90. The number of amides is 1. The van der Waals surface area contributed by atoms with Crippen molar-refractivity contribution in [1.29, 1.82) is 0 Å². The van der Waals surface area contributed by atoms with Gasteiger partial charge in [0, 0.05) is 17.7 Å². The second-order valence-corrected chi connectivity index (χ2v) is 5.34. The number of aryl methyl sites for hydroxylation is 1. The van der Waals surface area contributed by atoms with Gasteiger partial charge in [0.05, 0.1) is 0 Å². The summed E-state index contributed by atoms with van der Waals surface area (Å²) in [7, 11) is 0. The highest BCUT2D eigenvalue weighted by Gasteiger charge is 2.17. The molecule has 0 spiro atoms. The Bertz CT molecular complexity index is 695. The first-order chi connectivity index (χ1) is 10.7. The number of benzene rings is 2. The average molecular weight is 295 g/mol. The van der Waals surface area contributed by atoms with Gasteiger partial charge >= 0.3 is 6.09 Å². The van der Waals surface area contributed by atoms with Crippen LogP contribution in [0.3, 0.4) is 0 Å². The number of anilines is 1. The lowest BCUT2D eigenvalue weighted by molar-refractivity contribution is 0.0972. The summed E-state index contributed by atoms with van der Waals surface area (Å²) in [5, 5.41) is 2.67. The molecule has 0 fully saturated rings. The molecule has 0 saturated carbocycles. The first-order valence-corrected chi connectivity index (χ1v) is 7.36. The van der Waals surface area contributed by atoms with Crippen LogP contribution < -0.4 is 5.32 Å². The molecular weight excluding hydrogens is 278 g/mol. The predicted octanol–water partition coefficient (Wildman–Crippen LogP) is 3.95. The highest BCUT2D eigenvalue weighted by molar-refractivity contribution is 6.00. The zero-order valence-corrected chi connectivity index (χ0v) is 12.2. The molecule has 0 saturated heterocycles. The molecule has 4 heteroatoms. The van der Waals surface area contributed by atoms with E-state index >= 15 is 0 Å². The molecule has 3 rings (SSSR count). The van der Waals surface area contributed by atoms with Crippen LogP contribution in [-0.2, 0) is 17.8 Å². The van der Waals surface area contributed by atoms with E-state index in [1.807, 2.05) is 36.4 Å². The van der Waals surface area contributed by atoms with Crippen molar-refractivity contribution in [1.82, 2.24) is 0 Å². The van der Waals surface area contributed by atoms with Crippen LogP contribution in [-0.4, -0.2) is 11.9 Å². The number of ether oxygens (including phenoxy) is 1. The fourth-order valence-electron chi connectivity index (χ4n) is 2.58. The molecule has 2 aromatic rings. The van der Waals surface area contributed by atoms with Gasteiger partial charge in [-0.25, -0.2) is 4.79 Å². The van der Waals surface area contributed by atoms with Crippen LogP contribution in [0.5, 0.6) is 0 Å². The third-order valence-electron chi connectivity index (χ3n) is 3.72. The molecule has 1 amide bonds. The summed E-state index contributed by atoms with van der Waals surface area (Å²) in [5.41, 5.74) is 3.29. The molecule has 1 aliphatic rings. The number of nitrogens with one attached hydrogen (secondary N) is 1. The summed E-state index contributed by atoms with van der Waals surface area (Å²) >= 11 is 0. The fourth-order valence-corrected chi connectivity index (χ4v) is 2.58. The van der Waals surface area contributed by atoms with E-state index in [0.717, 1.165) is 24.0 Å². The molecular formula is C18H17NO3. The molecule has 0 bridgehead atoms. The number of ketones is 1. The van der Waals surface area contributed by atoms with Crippen LogP contribution in [0.4, 0.5) is 10.5 Å². The van der Waals surface area contributed by atoms with Gasteiger partial charge in [0.15, 0.2) is 5.78 Å². The molecule has 4 nitrogen and oxygen atoms in total. The summed E-state index contributed by atoms with van der Waals surface area (Å²) in [6.45, 7) is 0.219. The van der Waals surface area contributed by atoms with Crippen LogP contribution in [0.2, 0.25) is 0 Å². The molecule has 0 aromatic heterocycles. The van der Waals surface area contributed by atoms with Crippen LogP contribution in [0.1, 0.15) is 34.3 Å². The van der Waals surface area contributed by atoms with E-state index in [-0.39, 0.29) is 12.4 Å². The summed E-state index contributed by atoms with van der Waals surface area (Å²) in [4.78, 5) is 23.7. The quantitative estimate of drug-likeness (QED) is 0.932. The molecule has 22 heavy (non-hydrogen) atoms. The Labute approximate surface area is 129 Å². The highest BCUT2D eigenvalue weighted by Crippen LogP contribution is 2.24. The van der Waals surface area contributed by atoms with Gasteiger partial charge in [-0.05, 0) is 36.1 Å². The third kappa shape index (κ3) is 3.34. The van der Waals surface area contributed by atoms with E-state index in [1.54, 1.807) is 12.1 Å². The molecule has 2 aromatic carbocycles. The van der Waals surface area contributed by atoms with Crippen LogP contribution in [0, 0.1) is 0 Å². The van der Waals surface area contributed by atoms with Gasteiger partial charge in [-0.3, -0.25) is 10.1 Å². The van der Waals surface area contributed by atoms with Crippen molar-refractivity contribution in [3.05, 3.63) is 65.2 Å². The molecule has 0 radical (unpaired) electrons. The van der Waals surface area contributed by atoms with E-state index < -0.39 is 6.09 Å². The summed E-state index contributed by atoms with van der Waals surface area (Å²) < 4.78 is 5.17. The van der Waals surface area contributed by atoms with E-state index in [4.69, 9.17) is 4.74 Å². The zero-order chi connectivity index (χ0) is 15.4. The Morgan fingerprint density at radius 1 is 1.09 bits per heavy atom. The monoisotopic (exact) mass is 295 g/mol. The number of fused-ring (bicyclic) bond motifs is 1.